The number of hydrogen-bond donors (Lipinski definition) is 0. The third kappa shape index (κ3) is 2.71. The molecule has 0 spiro atoms. The lowest BCUT2D eigenvalue weighted by Gasteiger charge is -2.17. The van der Waals surface area contributed by atoms with Gasteiger partial charge in [0, 0.05) is 11.1 Å². The second-order valence-corrected chi connectivity index (χ2v) is 6.62. The maximum absolute atomic E-state index is 12.2. The van der Waals surface area contributed by atoms with E-state index in [1.165, 1.54) is 5.57 Å². The molecule has 2 atom stereocenters. The molecule has 4 nitrogen and oxygen atoms in total. The number of carbonyl (C=O) groups excluding carboxylic acids is 2. The molecule has 0 amide bonds. The Morgan fingerprint density at radius 2 is 1.64 bits per heavy atom. The molecule has 0 aromatic carbocycles. The van der Waals surface area contributed by atoms with Crippen molar-refractivity contribution >= 4 is 11.9 Å². The molecule has 0 saturated carbocycles. The lowest BCUT2D eigenvalue weighted by molar-refractivity contribution is -0.137. The number of esters is 2. The maximum atomic E-state index is 12.2. The molecule has 120 valence electrons. The Labute approximate surface area is 131 Å². The van der Waals surface area contributed by atoms with Gasteiger partial charge < -0.3 is 9.47 Å². The van der Waals surface area contributed by atoms with Crippen molar-refractivity contribution in [3.05, 3.63) is 22.3 Å². The largest absolute Gasteiger partial charge is 0.458 e. The van der Waals surface area contributed by atoms with Crippen LogP contribution in [0.25, 0.3) is 0 Å². The Bertz CT molecular complexity index is 555. The van der Waals surface area contributed by atoms with E-state index in [1.807, 2.05) is 0 Å². The minimum atomic E-state index is -0.179. The number of cyclic esters (lactones) is 2. The highest BCUT2D eigenvalue weighted by atomic mass is 16.5. The zero-order valence-corrected chi connectivity index (χ0v) is 13.4. The molecule has 0 fully saturated rings. The summed E-state index contributed by atoms with van der Waals surface area (Å²) in [5, 5.41) is 0. The molecule has 3 rings (SSSR count). The van der Waals surface area contributed by atoms with Gasteiger partial charge in [0.1, 0.15) is 13.2 Å². The highest BCUT2D eigenvalue weighted by Crippen LogP contribution is 2.40. The van der Waals surface area contributed by atoms with E-state index in [1.54, 1.807) is 0 Å². The summed E-state index contributed by atoms with van der Waals surface area (Å²) in [4.78, 5) is 24.3. The third-order valence-corrected chi connectivity index (χ3v) is 5.17. The molecule has 2 heterocycles. The molecule has 0 bridgehead atoms. The van der Waals surface area contributed by atoms with Gasteiger partial charge in [-0.3, -0.25) is 0 Å². The summed E-state index contributed by atoms with van der Waals surface area (Å²) in [6, 6.07) is 0. The summed E-state index contributed by atoms with van der Waals surface area (Å²) < 4.78 is 10.6. The van der Waals surface area contributed by atoms with Crippen molar-refractivity contribution in [2.45, 2.75) is 52.4 Å². The van der Waals surface area contributed by atoms with Gasteiger partial charge in [0.25, 0.3) is 0 Å². The van der Waals surface area contributed by atoms with Crippen molar-refractivity contribution < 1.29 is 19.1 Å². The van der Waals surface area contributed by atoms with Crippen LogP contribution in [0.3, 0.4) is 0 Å². The SMILES string of the molecule is CCC[C@H]1CC2=C(COC2=O)C[C@@H](CC)CC2=C1C(=O)OC2. The average Bonchev–Trinajstić information content (AvgIpc) is 3.03. The van der Waals surface area contributed by atoms with Gasteiger partial charge in [-0.25, -0.2) is 9.59 Å². The fourth-order valence-electron chi connectivity index (χ4n) is 3.96. The molecule has 0 radical (unpaired) electrons. The zero-order valence-electron chi connectivity index (χ0n) is 13.4. The predicted octanol–water partition coefficient (Wildman–Crippen LogP) is 3.32. The normalized spacial score (nSPS) is 28.6. The van der Waals surface area contributed by atoms with E-state index in [0.29, 0.717) is 25.6 Å². The third-order valence-electron chi connectivity index (χ3n) is 5.17. The van der Waals surface area contributed by atoms with Gasteiger partial charge in [0.05, 0.1) is 0 Å². The van der Waals surface area contributed by atoms with Gasteiger partial charge in [-0.2, -0.15) is 0 Å². The second kappa shape index (κ2) is 6.27. The first-order valence-corrected chi connectivity index (χ1v) is 8.41. The smallest absolute Gasteiger partial charge is 0.334 e. The fourth-order valence-corrected chi connectivity index (χ4v) is 3.96. The van der Waals surface area contributed by atoms with Crippen LogP contribution < -0.4 is 0 Å². The molecular weight excluding hydrogens is 280 g/mol. The topological polar surface area (TPSA) is 52.6 Å². The van der Waals surface area contributed by atoms with Crippen LogP contribution in [0.2, 0.25) is 0 Å². The van der Waals surface area contributed by atoms with E-state index in [-0.39, 0.29) is 17.9 Å². The summed E-state index contributed by atoms with van der Waals surface area (Å²) in [6.45, 7) is 5.17. The van der Waals surface area contributed by atoms with E-state index < -0.39 is 0 Å². The lowest BCUT2D eigenvalue weighted by atomic mass is 9.85. The Morgan fingerprint density at radius 3 is 2.36 bits per heavy atom. The van der Waals surface area contributed by atoms with Crippen molar-refractivity contribution in [1.82, 2.24) is 0 Å². The van der Waals surface area contributed by atoms with Gasteiger partial charge in [0.15, 0.2) is 0 Å². The van der Waals surface area contributed by atoms with Crippen molar-refractivity contribution in [3.63, 3.8) is 0 Å². The summed E-state index contributed by atoms with van der Waals surface area (Å²) in [6.07, 6.45) is 5.38. The molecule has 0 unspecified atom stereocenters. The first kappa shape index (κ1) is 15.3. The van der Waals surface area contributed by atoms with Crippen LogP contribution in [-0.4, -0.2) is 25.2 Å². The van der Waals surface area contributed by atoms with E-state index in [4.69, 9.17) is 9.47 Å². The zero-order chi connectivity index (χ0) is 15.7. The van der Waals surface area contributed by atoms with E-state index in [2.05, 4.69) is 13.8 Å². The van der Waals surface area contributed by atoms with Crippen LogP contribution in [0, 0.1) is 11.8 Å². The molecule has 0 aromatic rings. The first-order chi connectivity index (χ1) is 10.6. The Morgan fingerprint density at radius 1 is 0.955 bits per heavy atom. The Kier molecular flexibility index (Phi) is 4.37. The summed E-state index contributed by atoms with van der Waals surface area (Å²) in [5.41, 5.74) is 4.01. The number of rotatable bonds is 3. The van der Waals surface area contributed by atoms with Gasteiger partial charge in [-0.15, -0.1) is 0 Å². The highest BCUT2D eigenvalue weighted by molar-refractivity contribution is 5.94. The van der Waals surface area contributed by atoms with Crippen LogP contribution in [0.15, 0.2) is 22.3 Å². The van der Waals surface area contributed by atoms with E-state index in [0.717, 1.165) is 48.8 Å². The molecule has 0 aromatic heterocycles. The van der Waals surface area contributed by atoms with Gasteiger partial charge in [-0.05, 0) is 48.7 Å². The van der Waals surface area contributed by atoms with Crippen LogP contribution in [0.1, 0.15) is 52.4 Å². The molecule has 3 aliphatic rings. The molecular formula is C18H24O4. The van der Waals surface area contributed by atoms with Crippen molar-refractivity contribution in [1.29, 1.82) is 0 Å². The van der Waals surface area contributed by atoms with Gasteiger partial charge in [0.2, 0.25) is 0 Å². The fraction of sp³-hybridized carbons (Fsp3) is 0.667. The number of hydrogen-bond acceptors (Lipinski definition) is 4. The van der Waals surface area contributed by atoms with Crippen molar-refractivity contribution in [2.24, 2.45) is 11.8 Å². The van der Waals surface area contributed by atoms with Crippen molar-refractivity contribution in [2.75, 3.05) is 13.2 Å². The molecule has 4 heteroatoms. The van der Waals surface area contributed by atoms with Gasteiger partial charge in [-0.1, -0.05) is 26.7 Å². The summed E-state index contributed by atoms with van der Waals surface area (Å²) >= 11 is 0. The van der Waals surface area contributed by atoms with Crippen LogP contribution in [0.4, 0.5) is 0 Å². The minimum absolute atomic E-state index is 0.0984. The molecule has 0 N–H and O–H groups in total. The first-order valence-electron chi connectivity index (χ1n) is 8.41. The van der Waals surface area contributed by atoms with E-state index >= 15 is 0 Å². The monoisotopic (exact) mass is 304 g/mol. The second-order valence-electron chi connectivity index (χ2n) is 6.62. The standard InChI is InChI=1S/C18H24O4/c1-3-5-12-8-15-13(9-21-17(15)19)6-11(4-2)7-14-10-22-18(20)16(12)14/h11-12H,3-10H2,1-2H3/t11-,12+/m1/s1. The minimum Gasteiger partial charge on any atom is -0.458 e. The van der Waals surface area contributed by atoms with Crippen LogP contribution >= 0.6 is 0 Å². The molecule has 0 saturated heterocycles. The quantitative estimate of drug-likeness (QED) is 0.751. The summed E-state index contributed by atoms with van der Waals surface area (Å²) in [7, 11) is 0. The van der Waals surface area contributed by atoms with E-state index in [9.17, 15) is 9.59 Å². The lowest BCUT2D eigenvalue weighted by Crippen LogP contribution is -2.15. The molecule has 1 aliphatic carbocycles. The Hall–Kier alpha value is -1.58. The highest BCUT2D eigenvalue weighted by Gasteiger charge is 2.37. The molecule has 22 heavy (non-hydrogen) atoms. The van der Waals surface area contributed by atoms with Crippen LogP contribution in [-0.2, 0) is 19.1 Å². The van der Waals surface area contributed by atoms with Crippen molar-refractivity contribution in [3.8, 4) is 0 Å². The predicted molar refractivity (Wildman–Crippen MR) is 82.0 cm³/mol. The number of carbonyl (C=O) groups is 2. The van der Waals surface area contributed by atoms with Gasteiger partial charge >= 0.3 is 11.9 Å². The average molecular weight is 304 g/mol. The maximum Gasteiger partial charge on any atom is 0.334 e. The van der Waals surface area contributed by atoms with Crippen LogP contribution in [0.5, 0.6) is 0 Å². The Balaban J connectivity index is 2.01. The molecule has 2 aliphatic heterocycles. The summed E-state index contributed by atoms with van der Waals surface area (Å²) in [5.74, 6) is 0.209. The number of ether oxygens (including phenoxy) is 2.